The second-order valence-electron chi connectivity index (χ2n) is 4.01. The van der Waals surface area contributed by atoms with Crippen LogP contribution in [0.1, 0.15) is 10.4 Å². The van der Waals surface area contributed by atoms with Crippen LogP contribution in [0.15, 0.2) is 47.8 Å². The van der Waals surface area contributed by atoms with Gasteiger partial charge in [0, 0.05) is 18.6 Å². The molecule has 0 saturated carbocycles. The molecule has 0 spiro atoms. The topological polar surface area (TPSA) is 92.5 Å². The summed E-state index contributed by atoms with van der Waals surface area (Å²) in [5.41, 5.74) is 0.498. The lowest BCUT2D eigenvalue weighted by molar-refractivity contribution is -0.137. The Morgan fingerprint density at radius 1 is 1.29 bits per heavy atom. The molecule has 1 atom stereocenters. The van der Waals surface area contributed by atoms with Crippen molar-refractivity contribution in [3.8, 4) is 0 Å². The molecular weight excluding hydrogens is 294 g/mol. The van der Waals surface area contributed by atoms with Gasteiger partial charge in [0.2, 0.25) is 0 Å². The van der Waals surface area contributed by atoms with Crippen LogP contribution < -0.4 is 0 Å². The average molecular weight is 304 g/mol. The number of carbonyl (C=O) groups is 2. The second-order valence-corrected chi connectivity index (χ2v) is 4.37. The Hall–Kier alpha value is -2.60. The number of aromatic nitrogens is 2. The summed E-state index contributed by atoms with van der Waals surface area (Å²) >= 11 is 5.81. The van der Waals surface area contributed by atoms with Gasteiger partial charge in [0.1, 0.15) is 5.15 Å². The molecule has 0 saturated heterocycles. The second kappa shape index (κ2) is 6.71. The van der Waals surface area contributed by atoms with E-state index in [-0.39, 0.29) is 10.7 Å². The number of carbonyl (C=O) groups excluding carboxylic acids is 1. The molecule has 0 radical (unpaired) electrons. The zero-order valence-electron chi connectivity index (χ0n) is 10.7. The van der Waals surface area contributed by atoms with Gasteiger partial charge in [0.25, 0.3) is 0 Å². The fraction of sp³-hybridized carbons (Fsp3) is 0.0714. The van der Waals surface area contributed by atoms with E-state index in [4.69, 9.17) is 11.6 Å². The Morgan fingerprint density at radius 3 is 2.67 bits per heavy atom. The molecule has 0 aromatic carbocycles. The molecule has 0 fully saturated rings. The number of rotatable bonds is 5. The first-order valence-corrected chi connectivity index (χ1v) is 6.29. The molecule has 21 heavy (non-hydrogen) atoms. The lowest BCUT2D eigenvalue weighted by Gasteiger charge is -2.07. The number of Topliss-reactive ketones (excluding diaryl/α,β-unsaturated/α-hetero) is 1. The van der Waals surface area contributed by atoms with Gasteiger partial charge >= 0.3 is 5.97 Å². The van der Waals surface area contributed by atoms with Crippen LogP contribution in [-0.4, -0.2) is 33.0 Å². The van der Waals surface area contributed by atoms with Gasteiger partial charge in [-0.3, -0.25) is 19.6 Å². The SMILES string of the molecule is O=C(O)C(C=Nc1cccnc1)C(=O)c1cccnc1Cl. The van der Waals surface area contributed by atoms with E-state index in [1.54, 1.807) is 18.3 Å². The first-order valence-electron chi connectivity index (χ1n) is 5.91. The molecule has 0 amide bonds. The summed E-state index contributed by atoms with van der Waals surface area (Å²) in [5, 5.41) is 9.14. The lowest BCUT2D eigenvalue weighted by atomic mass is 10.00. The zero-order chi connectivity index (χ0) is 15.2. The van der Waals surface area contributed by atoms with Gasteiger partial charge in [0.05, 0.1) is 17.4 Å². The molecule has 0 bridgehead atoms. The van der Waals surface area contributed by atoms with E-state index in [1.165, 1.54) is 24.5 Å². The summed E-state index contributed by atoms with van der Waals surface area (Å²) in [6.07, 6.45) is 5.49. The summed E-state index contributed by atoms with van der Waals surface area (Å²) in [4.78, 5) is 35.0. The number of aliphatic imine (C=N–C) groups is 1. The molecular formula is C14H10ClN3O3. The zero-order valence-corrected chi connectivity index (χ0v) is 11.4. The van der Waals surface area contributed by atoms with Crippen molar-refractivity contribution in [2.75, 3.05) is 0 Å². The van der Waals surface area contributed by atoms with Crippen molar-refractivity contribution in [2.45, 2.75) is 0 Å². The van der Waals surface area contributed by atoms with Gasteiger partial charge < -0.3 is 5.11 Å². The Labute approximate surface area is 125 Å². The van der Waals surface area contributed by atoms with Crippen molar-refractivity contribution in [3.63, 3.8) is 0 Å². The van der Waals surface area contributed by atoms with Gasteiger partial charge in [-0.1, -0.05) is 11.6 Å². The molecule has 2 heterocycles. The molecule has 7 heteroatoms. The molecule has 2 rings (SSSR count). The first-order chi connectivity index (χ1) is 10.1. The van der Waals surface area contributed by atoms with Gasteiger partial charge in [-0.2, -0.15) is 0 Å². The minimum Gasteiger partial charge on any atom is -0.480 e. The summed E-state index contributed by atoms with van der Waals surface area (Å²) in [5.74, 6) is -3.42. The lowest BCUT2D eigenvalue weighted by Crippen LogP contribution is -2.25. The largest absolute Gasteiger partial charge is 0.480 e. The number of hydrogen-bond donors (Lipinski definition) is 1. The minimum atomic E-state index is -1.44. The number of aliphatic carboxylic acids is 1. The number of pyridine rings is 2. The Kier molecular flexibility index (Phi) is 4.73. The quantitative estimate of drug-likeness (QED) is 0.396. The van der Waals surface area contributed by atoms with Crippen molar-refractivity contribution >= 4 is 35.3 Å². The minimum absolute atomic E-state index is 0.0384. The van der Waals surface area contributed by atoms with Crippen molar-refractivity contribution in [3.05, 3.63) is 53.6 Å². The number of ketones is 1. The van der Waals surface area contributed by atoms with E-state index in [0.717, 1.165) is 6.21 Å². The molecule has 6 nitrogen and oxygen atoms in total. The van der Waals surface area contributed by atoms with Crippen molar-refractivity contribution in [1.29, 1.82) is 0 Å². The van der Waals surface area contributed by atoms with Crippen molar-refractivity contribution < 1.29 is 14.7 Å². The highest BCUT2D eigenvalue weighted by Crippen LogP contribution is 2.17. The Morgan fingerprint density at radius 2 is 2.05 bits per heavy atom. The third kappa shape index (κ3) is 3.70. The Balaban J connectivity index is 2.28. The van der Waals surface area contributed by atoms with E-state index in [1.807, 2.05) is 0 Å². The number of hydrogen-bond acceptors (Lipinski definition) is 5. The average Bonchev–Trinajstić information content (AvgIpc) is 2.48. The number of nitrogens with zero attached hydrogens (tertiary/aromatic N) is 3. The van der Waals surface area contributed by atoms with Crippen LogP contribution in [0.3, 0.4) is 0 Å². The van der Waals surface area contributed by atoms with Crippen LogP contribution in [0, 0.1) is 5.92 Å². The van der Waals surface area contributed by atoms with Crippen LogP contribution in [0.5, 0.6) is 0 Å². The molecule has 106 valence electrons. The maximum Gasteiger partial charge on any atom is 0.319 e. The third-order valence-corrected chi connectivity index (χ3v) is 2.89. The highest BCUT2D eigenvalue weighted by Gasteiger charge is 2.27. The molecule has 1 unspecified atom stereocenters. The van der Waals surface area contributed by atoms with Gasteiger partial charge in [-0.15, -0.1) is 0 Å². The van der Waals surface area contributed by atoms with E-state index in [0.29, 0.717) is 5.69 Å². The molecule has 1 N–H and O–H groups in total. The highest BCUT2D eigenvalue weighted by molar-refractivity contribution is 6.34. The van der Waals surface area contributed by atoms with Crippen molar-refractivity contribution in [1.82, 2.24) is 9.97 Å². The molecule has 0 aliphatic heterocycles. The predicted molar refractivity (Wildman–Crippen MR) is 77.1 cm³/mol. The van der Waals surface area contributed by atoms with E-state index in [9.17, 15) is 14.7 Å². The van der Waals surface area contributed by atoms with Crippen LogP contribution in [0.4, 0.5) is 5.69 Å². The van der Waals surface area contributed by atoms with Crippen molar-refractivity contribution in [2.24, 2.45) is 10.9 Å². The van der Waals surface area contributed by atoms with Gasteiger partial charge in [0.15, 0.2) is 11.7 Å². The molecule has 0 aliphatic carbocycles. The van der Waals surface area contributed by atoms with Crippen LogP contribution in [-0.2, 0) is 4.79 Å². The van der Waals surface area contributed by atoms with E-state index >= 15 is 0 Å². The first kappa shape index (κ1) is 14.8. The number of carboxylic acids is 1. The fourth-order valence-electron chi connectivity index (χ4n) is 1.57. The number of carboxylic acid groups (broad SMARTS) is 1. The van der Waals surface area contributed by atoms with E-state index in [2.05, 4.69) is 15.0 Å². The summed E-state index contributed by atoms with van der Waals surface area (Å²) < 4.78 is 0. The fourth-order valence-corrected chi connectivity index (χ4v) is 1.78. The van der Waals surface area contributed by atoms with Crippen LogP contribution in [0.25, 0.3) is 0 Å². The predicted octanol–water partition coefficient (Wildman–Crippen LogP) is 2.42. The standard InChI is InChI=1S/C14H10ClN3O3/c15-13-10(4-2-6-17-13)12(19)11(14(20)21)8-18-9-3-1-5-16-7-9/h1-8,11H,(H,20,21). The number of halogens is 1. The maximum atomic E-state index is 12.2. The summed E-state index contributed by atoms with van der Waals surface area (Å²) in [6, 6.07) is 6.23. The maximum absolute atomic E-state index is 12.2. The Bertz CT molecular complexity index is 689. The normalized spacial score (nSPS) is 12.2. The van der Waals surface area contributed by atoms with Crippen LogP contribution in [0.2, 0.25) is 5.15 Å². The monoisotopic (exact) mass is 303 g/mol. The van der Waals surface area contributed by atoms with Crippen LogP contribution >= 0.6 is 11.6 Å². The summed E-state index contributed by atoms with van der Waals surface area (Å²) in [6.45, 7) is 0. The molecule has 0 aliphatic rings. The molecule has 2 aromatic heterocycles. The summed E-state index contributed by atoms with van der Waals surface area (Å²) in [7, 11) is 0. The highest BCUT2D eigenvalue weighted by atomic mass is 35.5. The van der Waals surface area contributed by atoms with E-state index < -0.39 is 17.7 Å². The van der Waals surface area contributed by atoms with Gasteiger partial charge in [-0.25, -0.2) is 4.98 Å². The smallest absolute Gasteiger partial charge is 0.319 e. The third-order valence-electron chi connectivity index (χ3n) is 2.59. The molecule has 2 aromatic rings. The van der Waals surface area contributed by atoms with Gasteiger partial charge in [-0.05, 0) is 24.3 Å².